The molecule has 1 aromatic rings. The molecule has 4 nitrogen and oxygen atoms in total. The Balaban J connectivity index is 2.20. The van der Waals surface area contributed by atoms with Crippen molar-refractivity contribution < 1.29 is 4.74 Å². The Hall–Kier alpha value is -1.32. The molecule has 4 heteroatoms. The molecule has 0 amide bonds. The van der Waals surface area contributed by atoms with Gasteiger partial charge in [-0.3, -0.25) is 4.98 Å². The number of ether oxygens (including phenoxy) is 1. The van der Waals surface area contributed by atoms with Gasteiger partial charge in [-0.15, -0.1) is 0 Å². The van der Waals surface area contributed by atoms with Crippen LogP contribution in [0.5, 0.6) is 5.88 Å². The zero-order valence-corrected chi connectivity index (χ0v) is 11.1. The summed E-state index contributed by atoms with van der Waals surface area (Å²) in [5.41, 5.74) is 0. The zero-order valence-electron chi connectivity index (χ0n) is 11.1. The van der Waals surface area contributed by atoms with E-state index < -0.39 is 0 Å². The highest BCUT2D eigenvalue weighted by atomic mass is 16.5. The quantitative estimate of drug-likeness (QED) is 0.807. The van der Waals surface area contributed by atoms with Crippen LogP contribution in [0.1, 0.15) is 40.5 Å². The summed E-state index contributed by atoms with van der Waals surface area (Å²) in [6, 6.07) is 1.07. The molecule has 1 aliphatic heterocycles. The minimum atomic E-state index is 0.132. The molecule has 1 fully saturated rings. The van der Waals surface area contributed by atoms with Gasteiger partial charge in [0.1, 0.15) is 0 Å². The van der Waals surface area contributed by atoms with E-state index in [4.69, 9.17) is 4.74 Å². The number of hydrogen-bond acceptors (Lipinski definition) is 4. The first kappa shape index (κ1) is 12.1. The fraction of sp³-hybridized carbons (Fsp3) is 0.692. The highest BCUT2D eigenvalue weighted by Gasteiger charge is 2.28. The van der Waals surface area contributed by atoms with Crippen molar-refractivity contribution >= 4 is 5.82 Å². The molecule has 1 aliphatic rings. The first-order valence-corrected chi connectivity index (χ1v) is 6.35. The molecular weight excluding hydrogens is 214 g/mol. The van der Waals surface area contributed by atoms with Gasteiger partial charge in [0.05, 0.1) is 18.5 Å². The fourth-order valence-corrected chi connectivity index (χ4v) is 2.41. The molecule has 94 valence electrons. The van der Waals surface area contributed by atoms with Gasteiger partial charge in [-0.1, -0.05) is 0 Å². The van der Waals surface area contributed by atoms with E-state index in [0.717, 1.165) is 5.82 Å². The molecule has 0 bridgehead atoms. The van der Waals surface area contributed by atoms with E-state index in [0.29, 0.717) is 18.0 Å². The summed E-state index contributed by atoms with van der Waals surface area (Å²) in [6.45, 7) is 8.47. The Kier molecular flexibility index (Phi) is 3.50. The second-order valence-corrected chi connectivity index (χ2v) is 5.06. The summed E-state index contributed by atoms with van der Waals surface area (Å²) in [7, 11) is 0. The van der Waals surface area contributed by atoms with Gasteiger partial charge < -0.3 is 9.64 Å². The van der Waals surface area contributed by atoms with Crippen molar-refractivity contribution in [2.75, 3.05) is 4.90 Å². The third-order valence-corrected chi connectivity index (χ3v) is 3.17. The topological polar surface area (TPSA) is 38.2 Å². The molecule has 0 aromatic carbocycles. The van der Waals surface area contributed by atoms with Crippen LogP contribution >= 0.6 is 0 Å². The standard InChI is InChI=1S/C13H21N3O/c1-9(2)17-13-8-14-7-12(15-13)16-10(3)5-6-11(16)4/h7-11H,5-6H2,1-4H3. The summed E-state index contributed by atoms with van der Waals surface area (Å²) in [6.07, 6.45) is 6.07. The van der Waals surface area contributed by atoms with Crippen molar-refractivity contribution in [3.05, 3.63) is 12.4 Å². The Labute approximate surface area is 103 Å². The second kappa shape index (κ2) is 4.90. The Morgan fingerprint density at radius 3 is 2.47 bits per heavy atom. The summed E-state index contributed by atoms with van der Waals surface area (Å²) in [5.74, 6) is 1.55. The lowest BCUT2D eigenvalue weighted by Crippen LogP contribution is -2.33. The highest BCUT2D eigenvalue weighted by molar-refractivity contribution is 5.41. The molecule has 0 radical (unpaired) electrons. The number of nitrogens with zero attached hydrogens (tertiary/aromatic N) is 3. The molecule has 1 aromatic heterocycles. The van der Waals surface area contributed by atoms with Gasteiger partial charge >= 0.3 is 0 Å². The second-order valence-electron chi connectivity index (χ2n) is 5.06. The molecule has 2 atom stereocenters. The lowest BCUT2D eigenvalue weighted by Gasteiger charge is -2.27. The van der Waals surface area contributed by atoms with Crippen LogP contribution in [0.15, 0.2) is 12.4 Å². The minimum Gasteiger partial charge on any atom is -0.474 e. The predicted octanol–water partition coefficient (Wildman–Crippen LogP) is 2.64. The normalized spacial score (nSPS) is 24.4. The summed E-state index contributed by atoms with van der Waals surface area (Å²) in [5, 5.41) is 0. The molecule has 17 heavy (non-hydrogen) atoms. The van der Waals surface area contributed by atoms with E-state index in [-0.39, 0.29) is 6.10 Å². The lowest BCUT2D eigenvalue weighted by atomic mass is 10.2. The summed E-state index contributed by atoms with van der Waals surface area (Å²) >= 11 is 0. The van der Waals surface area contributed by atoms with Crippen LogP contribution in [0.25, 0.3) is 0 Å². The van der Waals surface area contributed by atoms with Crippen LogP contribution in [0, 0.1) is 0 Å². The number of hydrogen-bond donors (Lipinski definition) is 0. The van der Waals surface area contributed by atoms with Gasteiger partial charge in [-0.2, -0.15) is 4.98 Å². The van der Waals surface area contributed by atoms with Crippen molar-refractivity contribution in [1.29, 1.82) is 0 Å². The van der Waals surface area contributed by atoms with Crippen LogP contribution in [0.2, 0.25) is 0 Å². The highest BCUT2D eigenvalue weighted by Crippen LogP contribution is 2.29. The van der Waals surface area contributed by atoms with Crippen molar-refractivity contribution in [2.24, 2.45) is 0 Å². The van der Waals surface area contributed by atoms with E-state index in [2.05, 4.69) is 28.7 Å². The number of anilines is 1. The van der Waals surface area contributed by atoms with E-state index >= 15 is 0 Å². The van der Waals surface area contributed by atoms with Crippen LogP contribution in [0.3, 0.4) is 0 Å². The maximum atomic E-state index is 5.58. The van der Waals surface area contributed by atoms with Gasteiger partial charge in [-0.25, -0.2) is 0 Å². The lowest BCUT2D eigenvalue weighted by molar-refractivity contribution is 0.231. The monoisotopic (exact) mass is 235 g/mol. The molecule has 1 saturated heterocycles. The zero-order chi connectivity index (χ0) is 12.4. The average molecular weight is 235 g/mol. The SMILES string of the molecule is CC(C)Oc1cncc(N2C(C)CCC2C)n1. The first-order valence-electron chi connectivity index (χ1n) is 6.35. The number of rotatable bonds is 3. The van der Waals surface area contributed by atoms with Gasteiger partial charge in [0, 0.05) is 12.1 Å². The Morgan fingerprint density at radius 2 is 1.88 bits per heavy atom. The molecule has 0 N–H and O–H groups in total. The molecule has 0 aliphatic carbocycles. The third kappa shape index (κ3) is 2.68. The van der Waals surface area contributed by atoms with Crippen LogP contribution in [-0.2, 0) is 0 Å². The Bertz CT molecular complexity index is 371. The Morgan fingerprint density at radius 1 is 1.24 bits per heavy atom. The fourth-order valence-electron chi connectivity index (χ4n) is 2.41. The van der Waals surface area contributed by atoms with Crippen LogP contribution in [0.4, 0.5) is 5.82 Å². The van der Waals surface area contributed by atoms with E-state index in [1.165, 1.54) is 12.8 Å². The van der Waals surface area contributed by atoms with Gasteiger partial charge in [0.15, 0.2) is 5.82 Å². The minimum absolute atomic E-state index is 0.132. The molecular formula is C13H21N3O. The molecule has 0 spiro atoms. The third-order valence-electron chi connectivity index (χ3n) is 3.17. The maximum absolute atomic E-state index is 5.58. The van der Waals surface area contributed by atoms with Crippen molar-refractivity contribution in [2.45, 2.75) is 58.7 Å². The van der Waals surface area contributed by atoms with Crippen LogP contribution < -0.4 is 9.64 Å². The molecule has 2 unspecified atom stereocenters. The van der Waals surface area contributed by atoms with Crippen molar-refractivity contribution in [1.82, 2.24) is 9.97 Å². The molecule has 2 heterocycles. The summed E-state index contributed by atoms with van der Waals surface area (Å²) in [4.78, 5) is 11.1. The van der Waals surface area contributed by atoms with E-state index in [1.807, 2.05) is 20.0 Å². The smallest absolute Gasteiger partial charge is 0.234 e. The number of aromatic nitrogens is 2. The first-order chi connectivity index (χ1) is 8.08. The molecule has 2 rings (SSSR count). The van der Waals surface area contributed by atoms with Crippen molar-refractivity contribution in [3.8, 4) is 5.88 Å². The van der Waals surface area contributed by atoms with Gasteiger partial charge in [-0.05, 0) is 40.5 Å². The largest absolute Gasteiger partial charge is 0.474 e. The van der Waals surface area contributed by atoms with E-state index in [1.54, 1.807) is 6.20 Å². The summed E-state index contributed by atoms with van der Waals surface area (Å²) < 4.78 is 5.58. The maximum Gasteiger partial charge on any atom is 0.234 e. The predicted molar refractivity (Wildman–Crippen MR) is 68.4 cm³/mol. The van der Waals surface area contributed by atoms with Crippen molar-refractivity contribution in [3.63, 3.8) is 0 Å². The average Bonchev–Trinajstić information content (AvgIpc) is 2.58. The van der Waals surface area contributed by atoms with Crippen LogP contribution in [-0.4, -0.2) is 28.2 Å². The molecule has 0 saturated carbocycles. The van der Waals surface area contributed by atoms with E-state index in [9.17, 15) is 0 Å². The van der Waals surface area contributed by atoms with Gasteiger partial charge in [0.25, 0.3) is 0 Å². The van der Waals surface area contributed by atoms with Gasteiger partial charge in [0.2, 0.25) is 5.88 Å².